The van der Waals surface area contributed by atoms with Crippen molar-refractivity contribution in [1.82, 2.24) is 5.32 Å². The minimum absolute atomic E-state index is 0.798. The fourth-order valence-electron chi connectivity index (χ4n) is 1.99. The van der Waals surface area contributed by atoms with Crippen LogP contribution in [0.3, 0.4) is 0 Å². The van der Waals surface area contributed by atoms with Crippen molar-refractivity contribution < 1.29 is 0 Å². The van der Waals surface area contributed by atoms with E-state index >= 15 is 0 Å². The van der Waals surface area contributed by atoms with E-state index in [0.29, 0.717) is 0 Å². The second-order valence-corrected chi connectivity index (χ2v) is 5.56. The molecule has 0 saturated carbocycles. The van der Waals surface area contributed by atoms with E-state index in [1.165, 1.54) is 30.9 Å². The normalized spacial score (nSPS) is 28.6. The predicted molar refractivity (Wildman–Crippen MR) is 62.4 cm³/mol. The molecule has 1 nitrogen and oxygen atoms in total. The van der Waals surface area contributed by atoms with Crippen LogP contribution in [0.25, 0.3) is 0 Å². The van der Waals surface area contributed by atoms with Crippen molar-refractivity contribution >= 4 is 11.8 Å². The molecule has 1 aliphatic rings. The van der Waals surface area contributed by atoms with E-state index in [2.05, 4.69) is 37.8 Å². The summed E-state index contributed by atoms with van der Waals surface area (Å²) in [6, 6.07) is 0.798. The topological polar surface area (TPSA) is 12.0 Å². The van der Waals surface area contributed by atoms with E-state index in [-0.39, 0.29) is 0 Å². The van der Waals surface area contributed by atoms with Crippen LogP contribution >= 0.6 is 11.8 Å². The third-order valence-electron chi connectivity index (χ3n) is 2.63. The van der Waals surface area contributed by atoms with Crippen molar-refractivity contribution in [3.05, 3.63) is 0 Å². The number of hydrogen-bond acceptors (Lipinski definition) is 2. The highest BCUT2D eigenvalue weighted by Gasteiger charge is 2.27. The molecule has 0 bridgehead atoms. The van der Waals surface area contributed by atoms with Gasteiger partial charge in [0.1, 0.15) is 0 Å². The van der Waals surface area contributed by atoms with Crippen molar-refractivity contribution in [1.29, 1.82) is 0 Å². The van der Waals surface area contributed by atoms with Gasteiger partial charge in [-0.3, -0.25) is 0 Å². The Kier molecular flexibility index (Phi) is 5.18. The standard InChI is InChI=1S/C11H23NS/c1-4-5-12-11-8-13-7-10(11)6-9(2)3/h9-12H,4-8H2,1-3H3. The molecule has 1 rings (SSSR count). The molecule has 0 aromatic rings. The number of hydrogen-bond donors (Lipinski definition) is 1. The fourth-order valence-corrected chi connectivity index (χ4v) is 3.44. The van der Waals surface area contributed by atoms with Gasteiger partial charge in [0.2, 0.25) is 0 Å². The lowest BCUT2D eigenvalue weighted by molar-refractivity contribution is 0.361. The number of thioether (sulfide) groups is 1. The molecular formula is C11H23NS. The molecule has 0 radical (unpaired) electrons. The lowest BCUT2D eigenvalue weighted by Gasteiger charge is -2.21. The van der Waals surface area contributed by atoms with Crippen molar-refractivity contribution in [2.24, 2.45) is 11.8 Å². The zero-order chi connectivity index (χ0) is 9.68. The van der Waals surface area contributed by atoms with Crippen molar-refractivity contribution in [2.75, 3.05) is 18.1 Å². The Bertz CT molecular complexity index is 136. The van der Waals surface area contributed by atoms with E-state index in [1.807, 2.05) is 0 Å². The Balaban J connectivity index is 2.26. The van der Waals surface area contributed by atoms with Gasteiger partial charge >= 0.3 is 0 Å². The van der Waals surface area contributed by atoms with Crippen LogP contribution in [-0.2, 0) is 0 Å². The van der Waals surface area contributed by atoms with Crippen LogP contribution in [0.5, 0.6) is 0 Å². The highest BCUT2D eigenvalue weighted by atomic mass is 32.2. The number of nitrogens with one attached hydrogen (secondary N) is 1. The highest BCUT2D eigenvalue weighted by Crippen LogP contribution is 2.29. The SMILES string of the molecule is CCCNC1CSCC1CC(C)C. The summed E-state index contributed by atoms with van der Waals surface area (Å²) in [5.41, 5.74) is 0. The molecule has 1 heterocycles. The molecule has 1 fully saturated rings. The Hall–Kier alpha value is 0.310. The Morgan fingerprint density at radius 1 is 1.38 bits per heavy atom. The Morgan fingerprint density at radius 3 is 2.77 bits per heavy atom. The zero-order valence-electron chi connectivity index (χ0n) is 9.18. The summed E-state index contributed by atoms with van der Waals surface area (Å²) in [6.07, 6.45) is 2.66. The van der Waals surface area contributed by atoms with Crippen LogP contribution in [-0.4, -0.2) is 24.1 Å². The van der Waals surface area contributed by atoms with Crippen LogP contribution in [0.4, 0.5) is 0 Å². The largest absolute Gasteiger partial charge is 0.313 e. The first-order valence-corrected chi connectivity index (χ1v) is 6.70. The summed E-state index contributed by atoms with van der Waals surface area (Å²) in [4.78, 5) is 0. The molecule has 0 spiro atoms. The molecule has 78 valence electrons. The molecule has 0 aromatic heterocycles. The average molecular weight is 201 g/mol. The summed E-state index contributed by atoms with van der Waals surface area (Å²) in [7, 11) is 0. The summed E-state index contributed by atoms with van der Waals surface area (Å²) < 4.78 is 0. The lowest BCUT2D eigenvalue weighted by atomic mass is 9.93. The summed E-state index contributed by atoms with van der Waals surface area (Å²) >= 11 is 2.12. The van der Waals surface area contributed by atoms with Crippen LogP contribution in [0, 0.1) is 11.8 Å². The van der Waals surface area contributed by atoms with Crippen LogP contribution in [0.15, 0.2) is 0 Å². The molecule has 1 saturated heterocycles. The molecular weight excluding hydrogens is 178 g/mol. The van der Waals surface area contributed by atoms with Crippen molar-refractivity contribution in [2.45, 2.75) is 39.7 Å². The lowest BCUT2D eigenvalue weighted by Crippen LogP contribution is -2.36. The summed E-state index contributed by atoms with van der Waals surface area (Å²) in [5, 5.41) is 3.67. The summed E-state index contributed by atoms with van der Waals surface area (Å²) in [6.45, 7) is 8.10. The maximum absolute atomic E-state index is 3.67. The van der Waals surface area contributed by atoms with Gasteiger partial charge in [-0.1, -0.05) is 20.8 Å². The van der Waals surface area contributed by atoms with Gasteiger partial charge < -0.3 is 5.32 Å². The molecule has 0 aromatic carbocycles. The first-order chi connectivity index (χ1) is 6.24. The zero-order valence-corrected chi connectivity index (χ0v) is 9.99. The van der Waals surface area contributed by atoms with Crippen LogP contribution < -0.4 is 5.32 Å². The van der Waals surface area contributed by atoms with E-state index in [9.17, 15) is 0 Å². The van der Waals surface area contributed by atoms with Gasteiger partial charge in [-0.15, -0.1) is 0 Å². The van der Waals surface area contributed by atoms with Gasteiger partial charge in [0.15, 0.2) is 0 Å². The minimum Gasteiger partial charge on any atom is -0.313 e. The van der Waals surface area contributed by atoms with Gasteiger partial charge in [-0.05, 0) is 37.0 Å². The van der Waals surface area contributed by atoms with E-state index < -0.39 is 0 Å². The van der Waals surface area contributed by atoms with Gasteiger partial charge in [0.05, 0.1) is 0 Å². The smallest absolute Gasteiger partial charge is 0.0194 e. The van der Waals surface area contributed by atoms with E-state index in [4.69, 9.17) is 0 Å². The Morgan fingerprint density at radius 2 is 2.15 bits per heavy atom. The Labute approximate surface area is 87.1 Å². The maximum atomic E-state index is 3.67. The maximum Gasteiger partial charge on any atom is 0.0194 e. The molecule has 13 heavy (non-hydrogen) atoms. The van der Waals surface area contributed by atoms with E-state index in [0.717, 1.165) is 17.9 Å². The predicted octanol–water partition coefficient (Wildman–Crippen LogP) is 2.76. The van der Waals surface area contributed by atoms with Crippen LogP contribution in [0.1, 0.15) is 33.6 Å². The minimum atomic E-state index is 0.798. The van der Waals surface area contributed by atoms with Gasteiger partial charge in [-0.25, -0.2) is 0 Å². The monoisotopic (exact) mass is 201 g/mol. The first kappa shape index (κ1) is 11.4. The molecule has 2 unspecified atom stereocenters. The third kappa shape index (κ3) is 3.90. The molecule has 1 aliphatic heterocycles. The average Bonchev–Trinajstić information content (AvgIpc) is 2.48. The van der Waals surface area contributed by atoms with Crippen LogP contribution in [0.2, 0.25) is 0 Å². The molecule has 2 heteroatoms. The number of rotatable bonds is 5. The second kappa shape index (κ2) is 5.92. The molecule has 0 aliphatic carbocycles. The van der Waals surface area contributed by atoms with Crippen molar-refractivity contribution in [3.63, 3.8) is 0 Å². The van der Waals surface area contributed by atoms with E-state index in [1.54, 1.807) is 0 Å². The second-order valence-electron chi connectivity index (χ2n) is 4.49. The van der Waals surface area contributed by atoms with Gasteiger partial charge in [0.25, 0.3) is 0 Å². The summed E-state index contributed by atoms with van der Waals surface area (Å²) in [5.74, 6) is 4.49. The first-order valence-electron chi connectivity index (χ1n) is 5.55. The molecule has 0 amide bonds. The highest BCUT2D eigenvalue weighted by molar-refractivity contribution is 7.99. The quantitative estimate of drug-likeness (QED) is 0.734. The van der Waals surface area contributed by atoms with Gasteiger partial charge in [0, 0.05) is 11.8 Å². The third-order valence-corrected chi connectivity index (χ3v) is 3.89. The molecule has 1 N–H and O–H groups in total. The van der Waals surface area contributed by atoms with Crippen molar-refractivity contribution in [3.8, 4) is 0 Å². The fraction of sp³-hybridized carbons (Fsp3) is 1.00. The molecule has 2 atom stereocenters. The van der Waals surface area contributed by atoms with Gasteiger partial charge in [-0.2, -0.15) is 11.8 Å².